The lowest BCUT2D eigenvalue weighted by atomic mass is 9.82. The molecule has 2 aromatic carbocycles. The predicted molar refractivity (Wildman–Crippen MR) is 109 cm³/mol. The van der Waals surface area contributed by atoms with Gasteiger partial charge in [-0.05, 0) is 72.6 Å². The normalized spacial score (nSPS) is 27.5. The van der Waals surface area contributed by atoms with Crippen LogP contribution in [0.1, 0.15) is 53.9 Å². The van der Waals surface area contributed by atoms with Crippen LogP contribution in [0.15, 0.2) is 48.5 Å². The summed E-state index contributed by atoms with van der Waals surface area (Å²) in [5, 5.41) is 9.52. The van der Waals surface area contributed by atoms with Crippen LogP contribution in [0.2, 0.25) is 0 Å². The topological polar surface area (TPSA) is 55.5 Å². The standard InChI is InChI=1S/C24H31NO2/c25-24(17-26)11-10-23(14-24)22-9-8-20-12-19(6-7-21(20)13-22)16-27-15-18-4-2-1-3-5-18/h1-5,8-9,13,19,23,26H,6-7,10-12,14-17,25H2/t19?,23-,24-/m0/s1. The van der Waals surface area contributed by atoms with Gasteiger partial charge in [0.1, 0.15) is 0 Å². The zero-order valence-electron chi connectivity index (χ0n) is 16.1. The van der Waals surface area contributed by atoms with Crippen molar-refractivity contribution >= 4 is 0 Å². The van der Waals surface area contributed by atoms with E-state index in [9.17, 15) is 5.11 Å². The van der Waals surface area contributed by atoms with E-state index >= 15 is 0 Å². The Hall–Kier alpha value is -1.68. The molecule has 0 heterocycles. The third-order valence-corrected chi connectivity index (χ3v) is 6.46. The van der Waals surface area contributed by atoms with Crippen molar-refractivity contribution in [2.24, 2.45) is 11.7 Å². The lowest BCUT2D eigenvalue weighted by molar-refractivity contribution is 0.0823. The Labute approximate surface area is 162 Å². The molecule has 1 unspecified atom stereocenters. The highest BCUT2D eigenvalue weighted by Gasteiger charge is 2.36. The molecule has 3 heteroatoms. The number of hydrogen-bond donors (Lipinski definition) is 2. The number of nitrogens with two attached hydrogens (primary N) is 1. The number of aliphatic hydroxyl groups excluding tert-OH is 1. The minimum absolute atomic E-state index is 0.0963. The SMILES string of the molecule is N[C@@]1(CO)CC[C@H](c2ccc3c(c2)CCC(COCc2ccccc2)C3)C1. The van der Waals surface area contributed by atoms with Crippen LogP contribution in [0.5, 0.6) is 0 Å². The molecule has 0 amide bonds. The Morgan fingerprint density at radius 1 is 1.07 bits per heavy atom. The second kappa shape index (κ2) is 8.14. The largest absolute Gasteiger partial charge is 0.394 e. The molecule has 0 saturated heterocycles. The smallest absolute Gasteiger partial charge is 0.0717 e. The van der Waals surface area contributed by atoms with Crippen LogP contribution in [-0.2, 0) is 24.2 Å². The Balaban J connectivity index is 1.33. The molecule has 1 saturated carbocycles. The molecule has 0 aliphatic heterocycles. The highest BCUT2D eigenvalue weighted by Crippen LogP contribution is 2.40. The minimum atomic E-state index is -0.373. The van der Waals surface area contributed by atoms with Crippen LogP contribution in [0.25, 0.3) is 0 Å². The van der Waals surface area contributed by atoms with Crippen LogP contribution in [0, 0.1) is 5.92 Å². The summed E-state index contributed by atoms with van der Waals surface area (Å²) in [6.45, 7) is 1.64. The van der Waals surface area contributed by atoms with Crippen molar-refractivity contribution < 1.29 is 9.84 Å². The molecule has 3 atom stereocenters. The molecule has 1 fully saturated rings. The quantitative estimate of drug-likeness (QED) is 0.814. The van der Waals surface area contributed by atoms with Gasteiger partial charge in [-0.3, -0.25) is 0 Å². The van der Waals surface area contributed by atoms with E-state index in [0.717, 1.165) is 38.7 Å². The molecule has 0 spiro atoms. The van der Waals surface area contributed by atoms with Crippen LogP contribution in [0.3, 0.4) is 0 Å². The second-order valence-corrected chi connectivity index (χ2v) is 8.60. The summed E-state index contributed by atoms with van der Waals surface area (Å²) >= 11 is 0. The summed E-state index contributed by atoms with van der Waals surface area (Å²) in [6, 6.07) is 17.4. The molecule has 27 heavy (non-hydrogen) atoms. The lowest BCUT2D eigenvalue weighted by Gasteiger charge is -2.26. The maximum atomic E-state index is 9.52. The average molecular weight is 366 g/mol. The molecule has 3 nitrogen and oxygen atoms in total. The molecule has 3 N–H and O–H groups in total. The van der Waals surface area contributed by atoms with Crippen molar-refractivity contribution in [2.45, 2.75) is 56.6 Å². The zero-order valence-corrected chi connectivity index (χ0v) is 16.1. The fourth-order valence-corrected chi connectivity index (χ4v) is 4.75. The first-order valence-corrected chi connectivity index (χ1v) is 10.3. The maximum Gasteiger partial charge on any atom is 0.0717 e. The number of fused-ring (bicyclic) bond motifs is 1. The van der Waals surface area contributed by atoms with Crippen molar-refractivity contribution in [3.63, 3.8) is 0 Å². The van der Waals surface area contributed by atoms with Gasteiger partial charge in [-0.15, -0.1) is 0 Å². The van der Waals surface area contributed by atoms with Crippen molar-refractivity contribution in [3.05, 3.63) is 70.8 Å². The zero-order chi connectivity index (χ0) is 18.7. The summed E-state index contributed by atoms with van der Waals surface area (Å²) in [5.74, 6) is 1.11. The van der Waals surface area contributed by atoms with Gasteiger partial charge in [0, 0.05) is 5.54 Å². The van der Waals surface area contributed by atoms with E-state index in [0.29, 0.717) is 18.4 Å². The number of rotatable bonds is 6. The van der Waals surface area contributed by atoms with E-state index < -0.39 is 0 Å². The van der Waals surface area contributed by atoms with E-state index in [1.807, 2.05) is 6.07 Å². The van der Waals surface area contributed by atoms with Gasteiger partial charge in [0.05, 0.1) is 19.8 Å². The van der Waals surface area contributed by atoms with E-state index in [4.69, 9.17) is 10.5 Å². The van der Waals surface area contributed by atoms with Gasteiger partial charge in [-0.25, -0.2) is 0 Å². The number of aliphatic hydroxyl groups is 1. The lowest BCUT2D eigenvalue weighted by Crippen LogP contribution is -2.40. The number of benzene rings is 2. The Kier molecular flexibility index (Phi) is 5.63. The monoisotopic (exact) mass is 365 g/mol. The Morgan fingerprint density at radius 2 is 1.93 bits per heavy atom. The first kappa shape index (κ1) is 18.7. The highest BCUT2D eigenvalue weighted by atomic mass is 16.5. The van der Waals surface area contributed by atoms with Crippen LogP contribution in [-0.4, -0.2) is 23.9 Å². The maximum absolute atomic E-state index is 9.52. The first-order chi connectivity index (χ1) is 13.1. The molecule has 2 aromatic rings. The van der Waals surface area contributed by atoms with E-state index in [2.05, 4.69) is 42.5 Å². The summed E-state index contributed by atoms with van der Waals surface area (Å²) in [7, 11) is 0. The molecule has 4 rings (SSSR count). The number of ether oxygens (including phenoxy) is 1. The van der Waals surface area contributed by atoms with E-state index in [1.54, 1.807) is 0 Å². The predicted octanol–water partition coefficient (Wildman–Crippen LogP) is 3.97. The fourth-order valence-electron chi connectivity index (χ4n) is 4.75. The summed E-state index contributed by atoms with van der Waals surface area (Å²) in [5.41, 5.74) is 11.5. The number of aryl methyl sites for hydroxylation is 1. The van der Waals surface area contributed by atoms with E-state index in [-0.39, 0.29) is 12.1 Å². The Morgan fingerprint density at radius 3 is 2.70 bits per heavy atom. The van der Waals surface area contributed by atoms with Gasteiger partial charge in [0.2, 0.25) is 0 Å². The van der Waals surface area contributed by atoms with Gasteiger partial charge < -0.3 is 15.6 Å². The van der Waals surface area contributed by atoms with Gasteiger partial charge in [0.25, 0.3) is 0 Å². The van der Waals surface area contributed by atoms with Gasteiger partial charge in [-0.1, -0.05) is 48.5 Å². The van der Waals surface area contributed by atoms with Gasteiger partial charge in [-0.2, -0.15) is 0 Å². The van der Waals surface area contributed by atoms with E-state index in [1.165, 1.54) is 28.7 Å². The van der Waals surface area contributed by atoms with Crippen LogP contribution in [0.4, 0.5) is 0 Å². The molecule has 0 aromatic heterocycles. The van der Waals surface area contributed by atoms with Crippen LogP contribution < -0.4 is 5.73 Å². The molecular formula is C24H31NO2. The average Bonchev–Trinajstić information content (AvgIpc) is 3.11. The molecular weight excluding hydrogens is 334 g/mol. The second-order valence-electron chi connectivity index (χ2n) is 8.60. The third kappa shape index (κ3) is 4.43. The molecule has 0 bridgehead atoms. The highest BCUT2D eigenvalue weighted by molar-refractivity contribution is 5.36. The minimum Gasteiger partial charge on any atom is -0.394 e. The van der Waals surface area contributed by atoms with Gasteiger partial charge >= 0.3 is 0 Å². The van der Waals surface area contributed by atoms with Crippen molar-refractivity contribution in [2.75, 3.05) is 13.2 Å². The molecule has 144 valence electrons. The molecule has 2 aliphatic carbocycles. The summed E-state index contributed by atoms with van der Waals surface area (Å²) in [4.78, 5) is 0. The third-order valence-electron chi connectivity index (χ3n) is 6.46. The van der Waals surface area contributed by atoms with Crippen molar-refractivity contribution in [1.29, 1.82) is 0 Å². The molecule has 2 aliphatic rings. The van der Waals surface area contributed by atoms with Gasteiger partial charge in [0.15, 0.2) is 0 Å². The number of hydrogen-bond acceptors (Lipinski definition) is 3. The van der Waals surface area contributed by atoms with Crippen molar-refractivity contribution in [3.8, 4) is 0 Å². The first-order valence-electron chi connectivity index (χ1n) is 10.3. The Bertz CT molecular complexity index is 760. The van der Waals surface area contributed by atoms with Crippen molar-refractivity contribution in [1.82, 2.24) is 0 Å². The molecule has 0 radical (unpaired) electrons. The summed E-state index contributed by atoms with van der Waals surface area (Å²) in [6.07, 6.45) is 6.37. The van der Waals surface area contributed by atoms with Crippen LogP contribution >= 0.6 is 0 Å². The fraction of sp³-hybridized carbons (Fsp3) is 0.500. The summed E-state index contributed by atoms with van der Waals surface area (Å²) < 4.78 is 5.98.